The van der Waals surface area contributed by atoms with Gasteiger partial charge in [-0.25, -0.2) is 0 Å². The second kappa shape index (κ2) is 7.64. The van der Waals surface area contributed by atoms with Gasteiger partial charge in [-0.1, -0.05) is 64.3 Å². The molecule has 2 rings (SSSR count). The van der Waals surface area contributed by atoms with E-state index in [0.29, 0.717) is 16.1 Å². The minimum atomic E-state index is 0.198. The van der Waals surface area contributed by atoms with Gasteiger partial charge in [0.25, 0.3) is 0 Å². The van der Waals surface area contributed by atoms with Gasteiger partial charge >= 0.3 is 0 Å². The first-order chi connectivity index (χ1) is 10.0. The molecule has 0 aliphatic heterocycles. The Hall–Kier alpha value is -0.540. The second-order valence-corrected chi connectivity index (χ2v) is 6.81. The Balaban J connectivity index is 2.16. The molecule has 112 valence electrons. The van der Waals surface area contributed by atoms with E-state index in [0.717, 1.165) is 16.5 Å². The third-order valence-electron chi connectivity index (χ3n) is 3.55. The largest absolute Gasteiger partial charge is 0.303 e. The minimum absolute atomic E-state index is 0.198. The summed E-state index contributed by atoms with van der Waals surface area (Å²) in [5, 5.41) is 4.84. The molecule has 1 N–H and O–H groups in total. The van der Waals surface area contributed by atoms with Crippen molar-refractivity contribution >= 4 is 39.1 Å². The molecule has 2 atom stereocenters. The number of hydrogen-bond acceptors (Lipinski definition) is 1. The number of nitrogens with one attached hydrogen (secondary N) is 1. The van der Waals surface area contributed by atoms with Gasteiger partial charge in [0.15, 0.2) is 0 Å². The zero-order valence-corrected chi connectivity index (χ0v) is 15.1. The summed E-state index contributed by atoms with van der Waals surface area (Å²) in [7, 11) is 0. The van der Waals surface area contributed by atoms with E-state index in [1.54, 1.807) is 0 Å². The minimum Gasteiger partial charge on any atom is -0.303 e. The molecule has 0 amide bonds. The van der Waals surface area contributed by atoms with Crippen LogP contribution in [0.4, 0.5) is 0 Å². The van der Waals surface area contributed by atoms with Crippen LogP contribution in [0.1, 0.15) is 43.5 Å². The lowest BCUT2D eigenvalue weighted by Crippen LogP contribution is -2.24. The zero-order valence-electron chi connectivity index (χ0n) is 12.0. The van der Waals surface area contributed by atoms with Gasteiger partial charge in [0.05, 0.1) is 10.0 Å². The monoisotopic (exact) mass is 385 g/mol. The molecule has 21 heavy (non-hydrogen) atoms. The standard InChI is InChI=1S/C17H18BrCl2N/c1-3-17(13-5-4-6-14(18)9-13)21-11(2)12-7-8-15(19)16(20)10-12/h4-11,17,21H,3H2,1-2H3. The van der Waals surface area contributed by atoms with Crippen LogP contribution < -0.4 is 5.32 Å². The fraction of sp³-hybridized carbons (Fsp3) is 0.294. The van der Waals surface area contributed by atoms with Gasteiger partial charge in [0.2, 0.25) is 0 Å². The normalized spacial score (nSPS) is 14.0. The highest BCUT2D eigenvalue weighted by molar-refractivity contribution is 9.10. The molecule has 0 aliphatic carbocycles. The van der Waals surface area contributed by atoms with Crippen molar-refractivity contribution in [1.82, 2.24) is 5.32 Å². The topological polar surface area (TPSA) is 12.0 Å². The van der Waals surface area contributed by atoms with Crippen molar-refractivity contribution in [3.05, 3.63) is 68.1 Å². The van der Waals surface area contributed by atoms with Crippen molar-refractivity contribution in [2.24, 2.45) is 0 Å². The van der Waals surface area contributed by atoms with E-state index in [4.69, 9.17) is 23.2 Å². The quantitative estimate of drug-likeness (QED) is 0.613. The van der Waals surface area contributed by atoms with Gasteiger partial charge in [0, 0.05) is 16.6 Å². The molecule has 2 unspecified atom stereocenters. The molecule has 2 aromatic carbocycles. The first-order valence-corrected chi connectivity index (χ1v) is 8.52. The third kappa shape index (κ3) is 4.46. The number of benzene rings is 2. The van der Waals surface area contributed by atoms with E-state index < -0.39 is 0 Å². The molecule has 0 radical (unpaired) electrons. The Labute approximate surface area is 144 Å². The van der Waals surface area contributed by atoms with Crippen LogP contribution in [0.5, 0.6) is 0 Å². The average Bonchev–Trinajstić information content (AvgIpc) is 2.47. The SMILES string of the molecule is CCC(NC(C)c1ccc(Cl)c(Cl)c1)c1cccc(Br)c1. The molecule has 0 saturated heterocycles. The molecule has 0 aliphatic rings. The fourth-order valence-electron chi connectivity index (χ4n) is 2.35. The summed E-state index contributed by atoms with van der Waals surface area (Å²) in [6.45, 7) is 4.32. The fourth-order valence-corrected chi connectivity index (χ4v) is 3.08. The molecule has 2 aromatic rings. The van der Waals surface area contributed by atoms with Gasteiger partial charge in [-0.15, -0.1) is 0 Å². The maximum Gasteiger partial charge on any atom is 0.0595 e. The van der Waals surface area contributed by atoms with E-state index in [1.807, 2.05) is 24.3 Å². The van der Waals surface area contributed by atoms with Gasteiger partial charge in [-0.3, -0.25) is 0 Å². The highest BCUT2D eigenvalue weighted by atomic mass is 79.9. The molecule has 0 bridgehead atoms. The Morgan fingerprint density at radius 1 is 1.05 bits per heavy atom. The number of rotatable bonds is 5. The summed E-state index contributed by atoms with van der Waals surface area (Å²) in [4.78, 5) is 0. The van der Waals surface area contributed by atoms with Gasteiger partial charge < -0.3 is 5.32 Å². The van der Waals surface area contributed by atoms with Crippen LogP contribution >= 0.6 is 39.1 Å². The molecule has 0 spiro atoms. The van der Waals surface area contributed by atoms with Crippen LogP contribution in [0.2, 0.25) is 10.0 Å². The third-order valence-corrected chi connectivity index (χ3v) is 4.79. The van der Waals surface area contributed by atoms with E-state index in [-0.39, 0.29) is 6.04 Å². The van der Waals surface area contributed by atoms with Crippen LogP contribution in [0, 0.1) is 0 Å². The highest BCUT2D eigenvalue weighted by Crippen LogP contribution is 2.28. The molecular formula is C17H18BrCl2N. The lowest BCUT2D eigenvalue weighted by Gasteiger charge is -2.23. The van der Waals surface area contributed by atoms with E-state index in [9.17, 15) is 0 Å². The lowest BCUT2D eigenvalue weighted by atomic mass is 10.0. The molecule has 0 fully saturated rings. The Bertz CT molecular complexity index is 615. The van der Waals surface area contributed by atoms with Crippen LogP contribution in [-0.4, -0.2) is 0 Å². The van der Waals surface area contributed by atoms with Crippen molar-refractivity contribution in [3.63, 3.8) is 0 Å². The van der Waals surface area contributed by atoms with Crippen LogP contribution in [-0.2, 0) is 0 Å². The average molecular weight is 387 g/mol. The van der Waals surface area contributed by atoms with Crippen LogP contribution in [0.3, 0.4) is 0 Å². The Kier molecular flexibility index (Phi) is 6.12. The maximum absolute atomic E-state index is 6.10. The van der Waals surface area contributed by atoms with E-state index >= 15 is 0 Å². The van der Waals surface area contributed by atoms with Gasteiger partial charge in [-0.2, -0.15) is 0 Å². The second-order valence-electron chi connectivity index (χ2n) is 5.08. The smallest absolute Gasteiger partial charge is 0.0595 e. The maximum atomic E-state index is 6.10. The van der Waals surface area contributed by atoms with Crippen molar-refractivity contribution in [2.45, 2.75) is 32.4 Å². The van der Waals surface area contributed by atoms with E-state index in [1.165, 1.54) is 5.56 Å². The summed E-state index contributed by atoms with van der Waals surface area (Å²) in [5.41, 5.74) is 2.41. The molecule has 0 heterocycles. The van der Waals surface area contributed by atoms with Gasteiger partial charge in [0.1, 0.15) is 0 Å². The Morgan fingerprint density at radius 2 is 1.81 bits per heavy atom. The van der Waals surface area contributed by atoms with Crippen LogP contribution in [0.25, 0.3) is 0 Å². The summed E-state index contributed by atoms with van der Waals surface area (Å²) in [6, 6.07) is 14.7. The predicted molar refractivity (Wildman–Crippen MR) is 95.2 cm³/mol. The molecule has 0 saturated carbocycles. The number of hydrogen-bond donors (Lipinski definition) is 1. The zero-order chi connectivity index (χ0) is 15.4. The molecular weight excluding hydrogens is 369 g/mol. The summed E-state index contributed by atoms with van der Waals surface area (Å²) in [6.07, 6.45) is 1.02. The molecule has 1 nitrogen and oxygen atoms in total. The van der Waals surface area contributed by atoms with Crippen molar-refractivity contribution in [1.29, 1.82) is 0 Å². The van der Waals surface area contributed by atoms with Crippen molar-refractivity contribution < 1.29 is 0 Å². The molecule has 0 aromatic heterocycles. The first kappa shape index (κ1) is 16.8. The lowest BCUT2D eigenvalue weighted by molar-refractivity contribution is 0.456. The van der Waals surface area contributed by atoms with Crippen LogP contribution in [0.15, 0.2) is 46.9 Å². The first-order valence-electron chi connectivity index (χ1n) is 6.97. The number of halogens is 3. The van der Waals surface area contributed by atoms with Crippen molar-refractivity contribution in [2.75, 3.05) is 0 Å². The summed E-state index contributed by atoms with van der Waals surface area (Å²) < 4.78 is 1.10. The van der Waals surface area contributed by atoms with E-state index in [2.05, 4.69) is 53.3 Å². The molecule has 4 heteroatoms. The predicted octanol–water partition coefficient (Wildman–Crippen LogP) is 6.56. The van der Waals surface area contributed by atoms with Gasteiger partial charge in [-0.05, 0) is 48.7 Å². The van der Waals surface area contributed by atoms with Crippen molar-refractivity contribution in [3.8, 4) is 0 Å². The highest BCUT2D eigenvalue weighted by Gasteiger charge is 2.14. The summed E-state index contributed by atoms with van der Waals surface area (Å²) in [5.74, 6) is 0. The Morgan fingerprint density at radius 3 is 2.43 bits per heavy atom. The summed E-state index contributed by atoms with van der Waals surface area (Å²) >= 11 is 15.6.